The zero-order chi connectivity index (χ0) is 21.7. The number of nitrogens with one attached hydrogen (secondary N) is 1. The zero-order valence-electron chi connectivity index (χ0n) is 14.9. The predicted octanol–water partition coefficient (Wildman–Crippen LogP) is 2.58. The molecule has 0 aliphatic rings. The van der Waals surface area contributed by atoms with Gasteiger partial charge in [-0.3, -0.25) is 14.9 Å². The van der Waals surface area contributed by atoms with Gasteiger partial charge in [0.1, 0.15) is 11.6 Å². The van der Waals surface area contributed by atoms with Gasteiger partial charge in [0.15, 0.2) is 0 Å². The van der Waals surface area contributed by atoms with Gasteiger partial charge in [-0.2, -0.15) is 15.2 Å². The number of carbonyl (C=O) groups excluding carboxylic acids is 1. The first-order chi connectivity index (χ1) is 14.4. The molecular formula is C17H10Cl2N8O3. The van der Waals surface area contributed by atoms with Crippen molar-refractivity contribution in [2.45, 2.75) is 6.54 Å². The summed E-state index contributed by atoms with van der Waals surface area (Å²) in [7, 11) is 0. The molecular weight excluding hydrogens is 435 g/mol. The number of rotatable bonds is 6. The van der Waals surface area contributed by atoms with E-state index < -0.39 is 10.8 Å². The minimum atomic E-state index is -0.660. The highest BCUT2D eigenvalue weighted by Crippen LogP contribution is 2.29. The molecule has 0 radical (unpaired) electrons. The number of hydrogen-bond donors (Lipinski definition) is 1. The molecule has 1 amide bonds. The van der Waals surface area contributed by atoms with Crippen LogP contribution in [0.1, 0.15) is 11.1 Å². The number of halogens is 2. The van der Waals surface area contributed by atoms with Crippen LogP contribution in [-0.2, 0) is 11.3 Å². The van der Waals surface area contributed by atoms with Gasteiger partial charge in [0.2, 0.25) is 5.82 Å². The first-order valence-electron chi connectivity index (χ1n) is 8.11. The van der Waals surface area contributed by atoms with Gasteiger partial charge in [0.05, 0.1) is 27.8 Å². The van der Waals surface area contributed by atoms with Crippen molar-refractivity contribution >= 4 is 41.0 Å². The normalized spacial score (nSPS) is 10.7. The summed E-state index contributed by atoms with van der Waals surface area (Å²) in [5.41, 5.74) is 2.95. The van der Waals surface area contributed by atoms with Crippen LogP contribution >= 0.6 is 23.2 Å². The second-order valence-corrected chi connectivity index (χ2v) is 6.49. The van der Waals surface area contributed by atoms with E-state index in [1.807, 2.05) is 6.07 Å². The second-order valence-electron chi connectivity index (χ2n) is 5.68. The lowest BCUT2D eigenvalue weighted by molar-refractivity contribution is -0.384. The van der Waals surface area contributed by atoms with Gasteiger partial charge < -0.3 is 0 Å². The minimum absolute atomic E-state index is 0.114. The molecule has 1 aromatic heterocycles. The maximum absolute atomic E-state index is 12.0. The summed E-state index contributed by atoms with van der Waals surface area (Å²) in [6.45, 7) is -0.298. The first-order valence-corrected chi connectivity index (χ1v) is 8.87. The van der Waals surface area contributed by atoms with E-state index in [9.17, 15) is 14.9 Å². The van der Waals surface area contributed by atoms with Crippen molar-refractivity contribution in [1.29, 1.82) is 5.26 Å². The second kappa shape index (κ2) is 9.08. The van der Waals surface area contributed by atoms with Crippen molar-refractivity contribution in [3.63, 3.8) is 0 Å². The molecule has 0 fully saturated rings. The molecule has 2 aromatic carbocycles. The Morgan fingerprint density at radius 3 is 2.83 bits per heavy atom. The van der Waals surface area contributed by atoms with E-state index in [2.05, 4.69) is 25.9 Å². The largest absolute Gasteiger partial charge is 0.288 e. The average Bonchev–Trinajstić information content (AvgIpc) is 3.17. The van der Waals surface area contributed by atoms with Gasteiger partial charge in [0.25, 0.3) is 11.6 Å². The third kappa shape index (κ3) is 4.75. The topological polar surface area (TPSA) is 152 Å². The maximum atomic E-state index is 12.0. The summed E-state index contributed by atoms with van der Waals surface area (Å²) in [4.78, 5) is 23.3. The molecule has 13 heteroatoms. The van der Waals surface area contributed by atoms with E-state index >= 15 is 0 Å². The number of carbonyl (C=O) groups is 1. The molecule has 11 nitrogen and oxygen atoms in total. The van der Waals surface area contributed by atoms with E-state index in [4.69, 9.17) is 28.5 Å². The fourth-order valence-electron chi connectivity index (χ4n) is 2.32. The van der Waals surface area contributed by atoms with Crippen LogP contribution in [0.15, 0.2) is 41.5 Å². The van der Waals surface area contributed by atoms with E-state index in [-0.39, 0.29) is 33.7 Å². The van der Waals surface area contributed by atoms with Crippen molar-refractivity contribution in [2.75, 3.05) is 0 Å². The average molecular weight is 445 g/mol. The van der Waals surface area contributed by atoms with Crippen molar-refractivity contribution in [3.05, 3.63) is 67.7 Å². The molecule has 0 spiro atoms. The van der Waals surface area contributed by atoms with Gasteiger partial charge in [-0.15, -0.1) is 10.2 Å². The number of nitriles is 1. The smallest absolute Gasteiger partial charge is 0.271 e. The molecule has 30 heavy (non-hydrogen) atoms. The molecule has 150 valence electrons. The van der Waals surface area contributed by atoms with Crippen LogP contribution in [0.2, 0.25) is 10.0 Å². The summed E-state index contributed by atoms with van der Waals surface area (Å²) in [6, 6.07) is 11.1. The Bertz CT molecular complexity index is 1200. The molecule has 1 heterocycles. The molecule has 1 N–H and O–H groups in total. The third-order valence-corrected chi connectivity index (χ3v) is 4.31. The number of hydrazone groups is 1. The van der Waals surface area contributed by atoms with Gasteiger partial charge in [-0.1, -0.05) is 35.3 Å². The standard InChI is InChI=1S/C17H10Cl2N8O3/c18-13-6-14(19)15(27(29)30)5-11(13)8-21-22-16(28)9-26-24-17(23-25-26)12-4-2-1-3-10(12)7-20/h1-6,8H,9H2,(H,22,28)/b21-8+. The summed E-state index contributed by atoms with van der Waals surface area (Å²) in [6.07, 6.45) is 1.15. The van der Waals surface area contributed by atoms with Gasteiger partial charge >= 0.3 is 0 Å². The summed E-state index contributed by atoms with van der Waals surface area (Å²) in [5.74, 6) is -0.382. The Morgan fingerprint density at radius 2 is 2.10 bits per heavy atom. The number of nitrogens with zero attached hydrogens (tertiary/aromatic N) is 7. The summed E-state index contributed by atoms with van der Waals surface area (Å²) < 4.78 is 0. The van der Waals surface area contributed by atoms with Gasteiger partial charge in [0, 0.05) is 17.2 Å². The quantitative estimate of drug-likeness (QED) is 0.348. The highest BCUT2D eigenvalue weighted by Gasteiger charge is 2.15. The lowest BCUT2D eigenvalue weighted by Crippen LogP contribution is -2.24. The fourth-order valence-corrected chi connectivity index (χ4v) is 2.82. The van der Waals surface area contributed by atoms with E-state index in [1.165, 1.54) is 6.07 Å². The van der Waals surface area contributed by atoms with E-state index in [0.717, 1.165) is 17.1 Å². The molecule has 0 bridgehead atoms. The molecule has 0 unspecified atom stereocenters. The van der Waals surface area contributed by atoms with Crippen LogP contribution in [0.5, 0.6) is 0 Å². The molecule has 0 saturated heterocycles. The number of benzene rings is 2. The third-order valence-electron chi connectivity index (χ3n) is 3.68. The van der Waals surface area contributed by atoms with Crippen LogP contribution in [0, 0.1) is 21.4 Å². The predicted molar refractivity (Wildman–Crippen MR) is 107 cm³/mol. The number of hydrogen-bond acceptors (Lipinski definition) is 8. The fraction of sp³-hybridized carbons (Fsp3) is 0.0588. The molecule has 0 aliphatic heterocycles. The number of amides is 1. The SMILES string of the molecule is N#Cc1ccccc1-c1nnn(CC(=O)N/N=C/c2cc([N+](=O)[O-])c(Cl)cc2Cl)n1. The zero-order valence-corrected chi connectivity index (χ0v) is 16.4. The Balaban J connectivity index is 1.66. The van der Waals surface area contributed by atoms with Crippen LogP contribution in [0.25, 0.3) is 11.4 Å². The minimum Gasteiger partial charge on any atom is -0.271 e. The van der Waals surface area contributed by atoms with Gasteiger partial charge in [-0.05, 0) is 23.4 Å². The lowest BCUT2D eigenvalue weighted by Gasteiger charge is -2.01. The Hall–Kier alpha value is -3.88. The van der Waals surface area contributed by atoms with E-state index in [0.29, 0.717) is 11.1 Å². The monoisotopic (exact) mass is 444 g/mol. The molecule has 0 atom stereocenters. The maximum Gasteiger partial charge on any atom is 0.288 e. The Morgan fingerprint density at radius 1 is 1.33 bits per heavy atom. The van der Waals surface area contributed by atoms with Crippen molar-refractivity contribution < 1.29 is 9.72 Å². The first kappa shape index (κ1) is 20.8. The van der Waals surface area contributed by atoms with Crippen molar-refractivity contribution in [2.24, 2.45) is 5.10 Å². The van der Waals surface area contributed by atoms with Crippen LogP contribution in [0.4, 0.5) is 5.69 Å². The highest BCUT2D eigenvalue weighted by molar-refractivity contribution is 6.37. The summed E-state index contributed by atoms with van der Waals surface area (Å²) in [5, 5.41) is 35.5. The summed E-state index contributed by atoms with van der Waals surface area (Å²) >= 11 is 11.7. The van der Waals surface area contributed by atoms with Crippen LogP contribution in [-0.4, -0.2) is 37.3 Å². The number of nitro groups is 1. The number of nitro benzene ring substituents is 1. The lowest BCUT2D eigenvalue weighted by atomic mass is 10.1. The van der Waals surface area contributed by atoms with Gasteiger partial charge in [-0.25, -0.2) is 5.43 Å². The Labute approximate surface area is 178 Å². The van der Waals surface area contributed by atoms with Crippen molar-refractivity contribution in [1.82, 2.24) is 25.6 Å². The molecule has 3 rings (SSSR count). The highest BCUT2D eigenvalue weighted by atomic mass is 35.5. The molecule has 0 saturated carbocycles. The molecule has 0 aliphatic carbocycles. The number of aromatic nitrogens is 4. The number of tetrazole rings is 1. The van der Waals surface area contributed by atoms with Crippen molar-refractivity contribution in [3.8, 4) is 17.5 Å². The van der Waals surface area contributed by atoms with Crippen LogP contribution in [0.3, 0.4) is 0 Å². The Kier molecular flexibility index (Phi) is 6.31. The van der Waals surface area contributed by atoms with Crippen LogP contribution < -0.4 is 5.43 Å². The van der Waals surface area contributed by atoms with E-state index in [1.54, 1.807) is 24.3 Å². The molecule has 3 aromatic rings.